The summed E-state index contributed by atoms with van der Waals surface area (Å²) in [6.45, 7) is 7.10. The molecule has 0 bridgehead atoms. The Labute approximate surface area is 136 Å². The molecule has 7 heteroatoms. The number of aromatic hydroxyl groups is 1. The lowest BCUT2D eigenvalue weighted by molar-refractivity contribution is -0.141. The molecule has 1 atom stereocenters. The van der Waals surface area contributed by atoms with Crippen LogP contribution < -0.4 is 10.6 Å². The summed E-state index contributed by atoms with van der Waals surface area (Å²) < 4.78 is 0. The van der Waals surface area contributed by atoms with E-state index in [1.807, 2.05) is 13.8 Å². The lowest BCUT2D eigenvalue weighted by atomic mass is 10.2. The van der Waals surface area contributed by atoms with Crippen LogP contribution in [-0.2, 0) is 9.59 Å². The van der Waals surface area contributed by atoms with Gasteiger partial charge < -0.3 is 25.7 Å². The minimum Gasteiger partial charge on any atom is -0.508 e. The molecule has 1 amide bonds. The second-order valence-electron chi connectivity index (χ2n) is 5.17. The normalized spacial score (nSPS) is 12.1. The van der Waals surface area contributed by atoms with Crippen LogP contribution in [0.25, 0.3) is 0 Å². The van der Waals surface area contributed by atoms with E-state index in [2.05, 4.69) is 15.5 Å². The average molecular weight is 323 g/mol. The first-order chi connectivity index (χ1) is 11.0. The molecule has 0 aliphatic heterocycles. The van der Waals surface area contributed by atoms with Crippen molar-refractivity contribution in [3.05, 3.63) is 24.3 Å². The molecule has 1 aromatic rings. The van der Waals surface area contributed by atoms with Crippen LogP contribution in [0.1, 0.15) is 20.3 Å². The monoisotopic (exact) mass is 323 g/mol. The van der Waals surface area contributed by atoms with Crippen molar-refractivity contribution < 1.29 is 19.8 Å². The first kappa shape index (κ1) is 18.9. The summed E-state index contributed by atoms with van der Waals surface area (Å²) in [4.78, 5) is 25.4. The highest BCUT2D eigenvalue weighted by Crippen LogP contribution is 2.15. The Kier molecular flexibility index (Phi) is 8.07. The highest BCUT2D eigenvalue weighted by Gasteiger charge is 2.20. The summed E-state index contributed by atoms with van der Waals surface area (Å²) >= 11 is 0. The first-order valence-electron chi connectivity index (χ1n) is 7.73. The molecule has 4 N–H and O–H groups in total. The summed E-state index contributed by atoms with van der Waals surface area (Å²) in [6.07, 6.45) is -0.177. The number of carbonyl (C=O) groups excluding carboxylic acids is 1. The highest BCUT2D eigenvalue weighted by molar-refractivity contribution is 5.94. The van der Waals surface area contributed by atoms with Gasteiger partial charge >= 0.3 is 5.97 Å². The number of phenolic OH excluding ortho intramolecular Hbond substituents is 1. The van der Waals surface area contributed by atoms with E-state index in [1.54, 1.807) is 12.1 Å². The summed E-state index contributed by atoms with van der Waals surface area (Å²) in [5, 5.41) is 24.0. The molecular formula is C16H25N3O4. The predicted molar refractivity (Wildman–Crippen MR) is 88.6 cm³/mol. The number of phenols is 1. The summed E-state index contributed by atoms with van der Waals surface area (Å²) in [7, 11) is 0. The molecule has 0 saturated carbocycles. The Morgan fingerprint density at radius 1 is 1.26 bits per heavy atom. The summed E-state index contributed by atoms with van der Waals surface area (Å²) in [5.41, 5.74) is 0.433. The lowest BCUT2D eigenvalue weighted by Crippen LogP contribution is -2.43. The summed E-state index contributed by atoms with van der Waals surface area (Å²) in [5.74, 6) is -1.44. The van der Waals surface area contributed by atoms with Gasteiger partial charge in [-0.2, -0.15) is 0 Å². The van der Waals surface area contributed by atoms with Crippen molar-refractivity contribution in [2.24, 2.45) is 0 Å². The Morgan fingerprint density at radius 2 is 1.96 bits per heavy atom. The molecule has 23 heavy (non-hydrogen) atoms. The molecule has 0 aliphatic carbocycles. The number of benzene rings is 1. The number of carboxylic acid groups (broad SMARTS) is 1. The predicted octanol–water partition coefficient (Wildman–Crippen LogP) is 1.11. The molecule has 0 unspecified atom stereocenters. The fraction of sp³-hybridized carbons (Fsp3) is 0.500. The molecule has 1 rings (SSSR count). The number of nitrogens with zero attached hydrogens (tertiary/aromatic N) is 1. The molecule has 0 radical (unpaired) electrons. The van der Waals surface area contributed by atoms with Gasteiger partial charge in [-0.05, 0) is 25.2 Å². The van der Waals surface area contributed by atoms with Gasteiger partial charge in [0.2, 0.25) is 5.91 Å². The Hall–Kier alpha value is -2.12. The number of carboxylic acids is 1. The smallest absolute Gasteiger partial charge is 0.321 e. The van der Waals surface area contributed by atoms with E-state index < -0.39 is 17.9 Å². The molecule has 0 aliphatic rings. The highest BCUT2D eigenvalue weighted by atomic mass is 16.4. The molecule has 0 spiro atoms. The van der Waals surface area contributed by atoms with E-state index in [4.69, 9.17) is 0 Å². The average Bonchev–Trinajstić information content (AvgIpc) is 2.50. The van der Waals surface area contributed by atoms with Crippen molar-refractivity contribution in [1.29, 1.82) is 0 Å². The van der Waals surface area contributed by atoms with Crippen molar-refractivity contribution in [3.8, 4) is 5.75 Å². The van der Waals surface area contributed by atoms with Crippen LogP contribution in [0.4, 0.5) is 5.69 Å². The second-order valence-corrected chi connectivity index (χ2v) is 5.17. The standard InChI is InChI=1S/C16H25N3O4/c1-3-19(4-2)9-8-17-14(16(22)23)11-15(21)18-12-6-5-7-13(20)10-12/h5-7,10,14,17,20H,3-4,8-9,11H2,1-2H3,(H,18,21)(H,22,23)/t14-/m1/s1. The van der Waals surface area contributed by atoms with Gasteiger partial charge in [0.25, 0.3) is 0 Å². The third-order valence-corrected chi connectivity index (χ3v) is 3.53. The minimum absolute atomic E-state index is 0.0370. The molecule has 0 fully saturated rings. The van der Waals surface area contributed by atoms with Gasteiger partial charge in [0.05, 0.1) is 6.42 Å². The minimum atomic E-state index is -1.06. The van der Waals surface area contributed by atoms with Crippen LogP contribution in [0.3, 0.4) is 0 Å². The molecular weight excluding hydrogens is 298 g/mol. The van der Waals surface area contributed by atoms with Crippen LogP contribution in [0.15, 0.2) is 24.3 Å². The number of nitrogens with one attached hydrogen (secondary N) is 2. The molecule has 1 aromatic carbocycles. The molecule has 0 saturated heterocycles. The number of aliphatic carboxylic acids is 1. The fourth-order valence-electron chi connectivity index (χ4n) is 2.16. The molecule has 0 heterocycles. The second kappa shape index (κ2) is 9.81. The van der Waals surface area contributed by atoms with Crippen LogP contribution in [0.2, 0.25) is 0 Å². The van der Waals surface area contributed by atoms with Gasteiger partial charge in [-0.1, -0.05) is 19.9 Å². The number of hydrogen-bond donors (Lipinski definition) is 4. The van der Waals surface area contributed by atoms with Crippen molar-refractivity contribution in [3.63, 3.8) is 0 Å². The Bertz CT molecular complexity index is 518. The Balaban J connectivity index is 2.48. The zero-order valence-electron chi connectivity index (χ0n) is 13.6. The van der Waals surface area contributed by atoms with Crippen molar-refractivity contribution >= 4 is 17.6 Å². The maximum Gasteiger partial charge on any atom is 0.321 e. The van der Waals surface area contributed by atoms with Crippen LogP contribution in [0.5, 0.6) is 5.75 Å². The van der Waals surface area contributed by atoms with Crippen LogP contribution in [0, 0.1) is 0 Å². The van der Waals surface area contributed by atoms with Crippen LogP contribution >= 0.6 is 0 Å². The number of rotatable bonds is 10. The fourth-order valence-corrected chi connectivity index (χ4v) is 2.16. The third-order valence-electron chi connectivity index (χ3n) is 3.53. The van der Waals surface area contributed by atoms with E-state index >= 15 is 0 Å². The van der Waals surface area contributed by atoms with Gasteiger partial charge in [0, 0.05) is 24.8 Å². The number of anilines is 1. The molecule has 128 valence electrons. The maximum absolute atomic E-state index is 11.9. The van der Waals surface area contributed by atoms with Gasteiger partial charge in [-0.3, -0.25) is 9.59 Å². The van der Waals surface area contributed by atoms with Gasteiger partial charge in [-0.15, -0.1) is 0 Å². The maximum atomic E-state index is 11.9. The zero-order valence-corrected chi connectivity index (χ0v) is 13.6. The number of amides is 1. The molecule has 0 aromatic heterocycles. The molecule has 7 nitrogen and oxygen atoms in total. The topological polar surface area (TPSA) is 102 Å². The zero-order chi connectivity index (χ0) is 17.2. The summed E-state index contributed by atoms with van der Waals surface area (Å²) in [6, 6.07) is 5.18. The third kappa shape index (κ3) is 7.12. The van der Waals surface area contributed by atoms with Crippen molar-refractivity contribution in [2.45, 2.75) is 26.3 Å². The van der Waals surface area contributed by atoms with Crippen molar-refractivity contribution in [2.75, 3.05) is 31.5 Å². The van der Waals surface area contributed by atoms with Gasteiger partial charge in [0.15, 0.2) is 0 Å². The van der Waals surface area contributed by atoms with Gasteiger partial charge in [0.1, 0.15) is 11.8 Å². The lowest BCUT2D eigenvalue weighted by Gasteiger charge is -2.20. The van der Waals surface area contributed by atoms with E-state index in [9.17, 15) is 19.8 Å². The Morgan fingerprint density at radius 3 is 2.52 bits per heavy atom. The van der Waals surface area contributed by atoms with E-state index in [1.165, 1.54) is 12.1 Å². The van der Waals surface area contributed by atoms with Crippen LogP contribution in [-0.4, -0.2) is 59.2 Å². The quantitative estimate of drug-likeness (QED) is 0.514. The largest absolute Gasteiger partial charge is 0.508 e. The first-order valence-corrected chi connectivity index (χ1v) is 7.73. The number of likely N-dealkylation sites (N-methyl/N-ethyl adjacent to an activating group) is 1. The SMILES string of the molecule is CCN(CC)CCN[C@H](CC(=O)Nc1cccc(O)c1)C(=O)O. The van der Waals surface area contributed by atoms with E-state index in [0.717, 1.165) is 19.6 Å². The number of hydrogen-bond acceptors (Lipinski definition) is 5. The van der Waals surface area contributed by atoms with E-state index in [0.29, 0.717) is 12.2 Å². The number of carbonyl (C=O) groups is 2. The van der Waals surface area contributed by atoms with E-state index in [-0.39, 0.29) is 12.2 Å². The van der Waals surface area contributed by atoms with Crippen molar-refractivity contribution in [1.82, 2.24) is 10.2 Å². The van der Waals surface area contributed by atoms with Gasteiger partial charge in [-0.25, -0.2) is 0 Å².